The fourth-order valence-corrected chi connectivity index (χ4v) is 11.8. The van der Waals surface area contributed by atoms with Crippen LogP contribution in [-0.2, 0) is 0 Å². The second-order valence-electron chi connectivity index (χ2n) is 19.4. The highest BCUT2D eigenvalue weighted by molar-refractivity contribution is 6.11. The van der Waals surface area contributed by atoms with Crippen molar-refractivity contribution in [3.63, 3.8) is 0 Å². The van der Waals surface area contributed by atoms with Crippen molar-refractivity contribution in [2.45, 2.75) is 38.0 Å². The molecule has 2 heteroatoms. The van der Waals surface area contributed by atoms with Crippen LogP contribution in [0.25, 0.3) is 93.9 Å². The van der Waals surface area contributed by atoms with Crippen molar-refractivity contribution >= 4 is 49.6 Å². The van der Waals surface area contributed by atoms with Gasteiger partial charge in [0.15, 0.2) is 0 Å². The highest BCUT2D eigenvalue weighted by Crippen LogP contribution is 2.49. The van der Waals surface area contributed by atoms with Crippen LogP contribution < -0.4 is 4.90 Å². The van der Waals surface area contributed by atoms with Crippen molar-refractivity contribution in [2.24, 2.45) is 0 Å². The highest BCUT2D eigenvalue weighted by Gasteiger charge is 2.25. The molecule has 0 aliphatic heterocycles. The van der Waals surface area contributed by atoms with E-state index in [9.17, 15) is 0 Å². The van der Waals surface area contributed by atoms with Gasteiger partial charge in [-0.1, -0.05) is 219 Å². The molecule has 1 aliphatic carbocycles. The molecule has 0 N–H and O–H groups in total. The minimum Gasteiger partial charge on any atom is -0.309 e. The van der Waals surface area contributed by atoms with Crippen LogP contribution in [0, 0.1) is 0 Å². The zero-order chi connectivity index (χ0) is 47.8. The van der Waals surface area contributed by atoms with E-state index in [1.54, 1.807) is 0 Å². The van der Waals surface area contributed by atoms with Gasteiger partial charge in [-0.05, 0) is 140 Å². The van der Waals surface area contributed by atoms with Gasteiger partial charge in [-0.15, -0.1) is 0 Å². The maximum Gasteiger partial charge on any atom is 0.0541 e. The molecule has 344 valence electrons. The molecular formula is C70H54N2. The minimum atomic E-state index is 0.562. The second kappa shape index (κ2) is 18.9. The summed E-state index contributed by atoms with van der Waals surface area (Å²) in [6.07, 6.45) is 6.42. The Morgan fingerprint density at radius 2 is 0.903 bits per heavy atom. The number of para-hydroxylation sites is 4. The fraction of sp³-hybridized carbons (Fsp3) is 0.0857. The molecule has 0 radical (unpaired) electrons. The van der Waals surface area contributed by atoms with Crippen LogP contribution in [0.15, 0.2) is 261 Å². The molecule has 0 unspecified atom stereocenters. The third-order valence-electron chi connectivity index (χ3n) is 15.2. The van der Waals surface area contributed by atoms with Crippen molar-refractivity contribution in [2.75, 3.05) is 4.90 Å². The van der Waals surface area contributed by atoms with Crippen molar-refractivity contribution in [3.8, 4) is 61.3 Å². The van der Waals surface area contributed by atoms with Crippen molar-refractivity contribution in [1.29, 1.82) is 0 Å². The Kier molecular flexibility index (Phi) is 11.4. The molecule has 13 rings (SSSR count). The van der Waals surface area contributed by atoms with Gasteiger partial charge < -0.3 is 9.47 Å². The van der Waals surface area contributed by atoms with Crippen molar-refractivity contribution < 1.29 is 0 Å². The van der Waals surface area contributed by atoms with E-state index in [-0.39, 0.29) is 0 Å². The molecule has 12 aromatic rings. The highest BCUT2D eigenvalue weighted by atomic mass is 15.1. The Morgan fingerprint density at radius 3 is 1.65 bits per heavy atom. The molecule has 0 bridgehead atoms. The molecule has 2 nitrogen and oxygen atoms in total. The topological polar surface area (TPSA) is 8.17 Å². The van der Waals surface area contributed by atoms with E-state index >= 15 is 0 Å². The van der Waals surface area contributed by atoms with Crippen LogP contribution in [0.3, 0.4) is 0 Å². The lowest BCUT2D eigenvalue weighted by Crippen LogP contribution is -2.12. The lowest BCUT2D eigenvalue weighted by atomic mass is 9.80. The standard InChI is InChI=1S/C70H54N2/c1-5-21-50(22-6-1)58-45-41-54(47-64(58)52-25-9-3-10-26-52)49-39-43-57(44-40-49)72(67-37-17-14-32-61(67)63-35-20-28-53-27-19-34-60(70(53)63)51-23-7-2-8-24-51)66-36-16-13-31-59(66)55-42-46-69-65(48-55)62-33-15-18-38-68(62)71(69)56-29-11-4-12-30-56/h1,3-6,9-22,25-48,51H,2,7-8,23-24H2. The van der Waals surface area contributed by atoms with Gasteiger partial charge in [0, 0.05) is 33.3 Å². The van der Waals surface area contributed by atoms with Gasteiger partial charge in [-0.25, -0.2) is 0 Å². The van der Waals surface area contributed by atoms with Crippen molar-refractivity contribution in [3.05, 3.63) is 266 Å². The number of benzene rings is 11. The summed E-state index contributed by atoms with van der Waals surface area (Å²) < 4.78 is 2.40. The number of anilines is 3. The largest absolute Gasteiger partial charge is 0.309 e. The minimum absolute atomic E-state index is 0.562. The number of fused-ring (bicyclic) bond motifs is 4. The van der Waals surface area contributed by atoms with E-state index in [0.29, 0.717) is 5.92 Å². The molecule has 0 spiro atoms. The van der Waals surface area contributed by atoms with Gasteiger partial charge >= 0.3 is 0 Å². The summed E-state index contributed by atoms with van der Waals surface area (Å²) >= 11 is 0. The van der Waals surface area contributed by atoms with Gasteiger partial charge in [-0.2, -0.15) is 0 Å². The SMILES string of the molecule is c1ccc(-c2ccc(-c3ccc(N(c4ccccc4-c4ccc5c(c4)c4ccccc4n5-c4ccccc4)c4ccccc4-c4cccc5cccc(C6CCCCC6)c45)cc3)cc2-c2ccccc2)cc1. The fourth-order valence-electron chi connectivity index (χ4n) is 11.8. The van der Waals surface area contributed by atoms with E-state index in [1.165, 1.54) is 126 Å². The Labute approximate surface area is 422 Å². The van der Waals surface area contributed by atoms with E-state index in [1.807, 2.05) is 0 Å². The average Bonchev–Trinajstić information content (AvgIpc) is 3.80. The van der Waals surface area contributed by atoms with Crippen LogP contribution in [0.2, 0.25) is 0 Å². The molecular weight excluding hydrogens is 869 g/mol. The third kappa shape index (κ3) is 7.86. The molecule has 11 aromatic carbocycles. The summed E-state index contributed by atoms with van der Waals surface area (Å²) in [7, 11) is 0. The lowest BCUT2D eigenvalue weighted by Gasteiger charge is -2.31. The van der Waals surface area contributed by atoms with Gasteiger partial charge in [0.2, 0.25) is 0 Å². The summed E-state index contributed by atoms with van der Waals surface area (Å²) in [4.78, 5) is 2.52. The number of hydrogen-bond acceptors (Lipinski definition) is 1. The Bertz CT molecular complexity index is 3880. The summed E-state index contributed by atoms with van der Waals surface area (Å²) in [5, 5.41) is 5.16. The number of aromatic nitrogens is 1. The Morgan fingerprint density at radius 1 is 0.333 bits per heavy atom. The first-order valence-corrected chi connectivity index (χ1v) is 25.7. The summed E-state index contributed by atoms with van der Waals surface area (Å²) in [5.74, 6) is 0.562. The third-order valence-corrected chi connectivity index (χ3v) is 15.2. The monoisotopic (exact) mass is 922 g/mol. The smallest absolute Gasteiger partial charge is 0.0541 e. The molecule has 0 atom stereocenters. The maximum absolute atomic E-state index is 2.52. The Hall–Kier alpha value is -8.72. The summed E-state index contributed by atoms with van der Waals surface area (Å²) in [6.45, 7) is 0. The van der Waals surface area contributed by atoms with Gasteiger partial charge in [0.1, 0.15) is 0 Å². The predicted octanol–water partition coefficient (Wildman–Crippen LogP) is 19.8. The van der Waals surface area contributed by atoms with E-state index in [0.717, 1.165) is 22.7 Å². The summed E-state index contributed by atoms with van der Waals surface area (Å²) in [5.41, 5.74) is 20.5. The lowest BCUT2D eigenvalue weighted by molar-refractivity contribution is 0.445. The zero-order valence-electron chi connectivity index (χ0n) is 40.3. The van der Waals surface area contributed by atoms with E-state index in [4.69, 9.17) is 0 Å². The van der Waals surface area contributed by atoms with E-state index < -0.39 is 0 Å². The van der Waals surface area contributed by atoms with Gasteiger partial charge in [0.05, 0.1) is 22.4 Å². The number of nitrogens with zero attached hydrogens (tertiary/aromatic N) is 2. The van der Waals surface area contributed by atoms with E-state index in [2.05, 4.69) is 270 Å². The van der Waals surface area contributed by atoms with Crippen LogP contribution >= 0.6 is 0 Å². The van der Waals surface area contributed by atoms with Crippen LogP contribution in [0.5, 0.6) is 0 Å². The molecule has 1 heterocycles. The first-order valence-electron chi connectivity index (χ1n) is 25.7. The summed E-state index contributed by atoms with van der Waals surface area (Å²) in [6, 6.07) is 96.3. The molecule has 0 amide bonds. The van der Waals surface area contributed by atoms with Crippen LogP contribution in [0.1, 0.15) is 43.6 Å². The Balaban J connectivity index is 0.996. The number of rotatable bonds is 10. The molecule has 0 saturated heterocycles. The molecule has 1 aliphatic rings. The number of hydrogen-bond donors (Lipinski definition) is 0. The van der Waals surface area contributed by atoms with Gasteiger partial charge in [0.25, 0.3) is 0 Å². The second-order valence-corrected chi connectivity index (χ2v) is 19.4. The predicted molar refractivity (Wildman–Crippen MR) is 306 cm³/mol. The molecule has 1 fully saturated rings. The molecule has 1 aromatic heterocycles. The normalized spacial score (nSPS) is 12.9. The molecule has 1 saturated carbocycles. The van der Waals surface area contributed by atoms with Crippen LogP contribution in [0.4, 0.5) is 17.1 Å². The van der Waals surface area contributed by atoms with Crippen molar-refractivity contribution in [1.82, 2.24) is 4.57 Å². The first kappa shape index (κ1) is 43.3. The van der Waals surface area contributed by atoms with Gasteiger partial charge in [-0.3, -0.25) is 0 Å². The van der Waals surface area contributed by atoms with Crippen LogP contribution in [-0.4, -0.2) is 4.57 Å². The average molecular weight is 923 g/mol. The zero-order valence-corrected chi connectivity index (χ0v) is 40.3. The maximum atomic E-state index is 2.52. The first-order chi connectivity index (χ1) is 35.7. The molecule has 72 heavy (non-hydrogen) atoms. The quantitative estimate of drug-likeness (QED) is 0.133.